The van der Waals surface area contributed by atoms with Gasteiger partial charge in [-0.3, -0.25) is 9.59 Å². The van der Waals surface area contributed by atoms with Crippen molar-refractivity contribution in [1.82, 2.24) is 0 Å². The van der Waals surface area contributed by atoms with Gasteiger partial charge in [-0.2, -0.15) is 0 Å². The minimum atomic E-state index is -1.28. The third-order valence-electron chi connectivity index (χ3n) is 4.30. The van der Waals surface area contributed by atoms with Crippen LogP contribution in [0.1, 0.15) is 24.5 Å². The smallest absolute Gasteiger partial charge is 0.333 e. The lowest BCUT2D eigenvalue weighted by atomic mass is 9.97. The summed E-state index contributed by atoms with van der Waals surface area (Å²) in [6, 6.07) is 18.6. The highest BCUT2D eigenvalue weighted by molar-refractivity contribution is 5.99. The summed E-state index contributed by atoms with van der Waals surface area (Å²) in [6.45, 7) is 1.73. The Bertz CT molecular complexity index is 916. The van der Waals surface area contributed by atoms with Gasteiger partial charge in [-0.1, -0.05) is 66.7 Å². The Kier molecular flexibility index (Phi) is 9.75. The van der Waals surface area contributed by atoms with E-state index in [9.17, 15) is 14.4 Å². The highest BCUT2D eigenvalue weighted by Crippen LogP contribution is 2.20. The Morgan fingerprint density at radius 1 is 0.871 bits per heavy atom. The molecule has 0 radical (unpaired) electrons. The molecule has 0 spiro atoms. The van der Waals surface area contributed by atoms with E-state index in [1.54, 1.807) is 31.2 Å². The summed E-state index contributed by atoms with van der Waals surface area (Å²) < 4.78 is 15.1. The van der Waals surface area contributed by atoms with E-state index < -0.39 is 23.8 Å². The van der Waals surface area contributed by atoms with Gasteiger partial charge in [0.15, 0.2) is 5.92 Å². The molecule has 31 heavy (non-hydrogen) atoms. The molecule has 0 saturated carbocycles. The van der Waals surface area contributed by atoms with Gasteiger partial charge in [0.1, 0.15) is 6.61 Å². The van der Waals surface area contributed by atoms with Crippen LogP contribution in [0.2, 0.25) is 0 Å². The van der Waals surface area contributed by atoms with Crippen molar-refractivity contribution in [3.05, 3.63) is 83.4 Å². The highest BCUT2D eigenvalue weighted by atomic mass is 16.6. The van der Waals surface area contributed by atoms with Crippen LogP contribution in [-0.2, 0) is 28.6 Å². The number of ether oxygens (including phenoxy) is 3. The lowest BCUT2D eigenvalue weighted by Gasteiger charge is -2.15. The summed E-state index contributed by atoms with van der Waals surface area (Å²) in [5.41, 5.74) is 1.87. The molecule has 0 aliphatic carbocycles. The molecule has 2 rings (SSSR count). The quantitative estimate of drug-likeness (QED) is 0.249. The van der Waals surface area contributed by atoms with Gasteiger partial charge in [-0.05, 0) is 30.2 Å². The SMILES string of the molecule is CCOC(=O)C(C/C(=C\c1ccccc1)C(=O)OC)C(=O)OC/C=C/c1ccccc1. The van der Waals surface area contributed by atoms with E-state index in [2.05, 4.69) is 0 Å². The van der Waals surface area contributed by atoms with Crippen LogP contribution in [0.3, 0.4) is 0 Å². The van der Waals surface area contributed by atoms with Crippen molar-refractivity contribution in [1.29, 1.82) is 0 Å². The molecular formula is C25H26O6. The van der Waals surface area contributed by atoms with E-state index in [0.29, 0.717) is 0 Å². The summed E-state index contributed by atoms with van der Waals surface area (Å²) >= 11 is 0. The number of hydrogen-bond acceptors (Lipinski definition) is 6. The molecule has 0 saturated heterocycles. The molecule has 0 amide bonds. The van der Waals surface area contributed by atoms with Crippen LogP contribution < -0.4 is 0 Å². The first-order valence-corrected chi connectivity index (χ1v) is 9.94. The Balaban J connectivity index is 2.14. The first kappa shape index (κ1) is 23.6. The van der Waals surface area contributed by atoms with E-state index in [4.69, 9.17) is 14.2 Å². The van der Waals surface area contributed by atoms with Crippen LogP contribution >= 0.6 is 0 Å². The zero-order valence-electron chi connectivity index (χ0n) is 17.7. The monoisotopic (exact) mass is 422 g/mol. The van der Waals surface area contributed by atoms with Crippen LogP contribution in [-0.4, -0.2) is 38.2 Å². The average molecular weight is 422 g/mol. The first-order chi connectivity index (χ1) is 15.0. The number of carbonyl (C=O) groups excluding carboxylic acids is 3. The van der Waals surface area contributed by atoms with Crippen molar-refractivity contribution in [3.8, 4) is 0 Å². The van der Waals surface area contributed by atoms with Gasteiger partial charge in [0.2, 0.25) is 0 Å². The normalized spacial score (nSPS) is 12.3. The Morgan fingerprint density at radius 3 is 2.03 bits per heavy atom. The second kappa shape index (κ2) is 12.8. The number of carbonyl (C=O) groups is 3. The molecule has 2 aromatic rings. The first-order valence-electron chi connectivity index (χ1n) is 9.94. The fourth-order valence-electron chi connectivity index (χ4n) is 2.79. The number of benzene rings is 2. The maximum absolute atomic E-state index is 12.6. The molecule has 1 atom stereocenters. The van der Waals surface area contributed by atoms with E-state index in [1.807, 2.05) is 54.6 Å². The maximum atomic E-state index is 12.6. The number of esters is 3. The van der Waals surface area contributed by atoms with Gasteiger partial charge < -0.3 is 14.2 Å². The van der Waals surface area contributed by atoms with Gasteiger partial charge in [-0.15, -0.1) is 0 Å². The molecule has 0 aromatic heterocycles. The second-order valence-corrected chi connectivity index (χ2v) is 6.52. The molecule has 162 valence electrons. The fourth-order valence-corrected chi connectivity index (χ4v) is 2.79. The van der Waals surface area contributed by atoms with Crippen LogP contribution in [0.15, 0.2) is 72.3 Å². The third kappa shape index (κ3) is 7.93. The number of rotatable bonds is 10. The lowest BCUT2D eigenvalue weighted by Crippen LogP contribution is -2.29. The highest BCUT2D eigenvalue weighted by Gasteiger charge is 2.32. The van der Waals surface area contributed by atoms with E-state index in [0.717, 1.165) is 11.1 Å². The zero-order valence-corrected chi connectivity index (χ0v) is 17.7. The third-order valence-corrected chi connectivity index (χ3v) is 4.30. The Morgan fingerprint density at radius 2 is 1.45 bits per heavy atom. The second-order valence-electron chi connectivity index (χ2n) is 6.52. The molecule has 6 heteroatoms. The van der Waals surface area contributed by atoms with Crippen LogP contribution in [0.25, 0.3) is 12.2 Å². The topological polar surface area (TPSA) is 78.9 Å². The molecule has 0 heterocycles. The van der Waals surface area contributed by atoms with Crippen LogP contribution in [0, 0.1) is 5.92 Å². The largest absolute Gasteiger partial charge is 0.466 e. The molecule has 6 nitrogen and oxygen atoms in total. The molecule has 2 aromatic carbocycles. The summed E-state index contributed by atoms with van der Waals surface area (Å²) in [5, 5.41) is 0. The van der Waals surface area contributed by atoms with Gasteiger partial charge in [0.05, 0.1) is 13.7 Å². The molecule has 0 fully saturated rings. The van der Waals surface area contributed by atoms with Gasteiger partial charge in [0.25, 0.3) is 0 Å². The zero-order chi connectivity index (χ0) is 22.5. The van der Waals surface area contributed by atoms with Gasteiger partial charge in [0, 0.05) is 12.0 Å². The predicted molar refractivity (Wildman–Crippen MR) is 118 cm³/mol. The molecule has 0 aliphatic rings. The van der Waals surface area contributed by atoms with Crippen LogP contribution in [0.5, 0.6) is 0 Å². The van der Waals surface area contributed by atoms with Crippen molar-refractivity contribution >= 4 is 30.1 Å². The van der Waals surface area contributed by atoms with Gasteiger partial charge >= 0.3 is 17.9 Å². The lowest BCUT2D eigenvalue weighted by molar-refractivity contribution is -0.161. The van der Waals surface area contributed by atoms with Crippen molar-refractivity contribution in [2.24, 2.45) is 5.92 Å². The van der Waals surface area contributed by atoms with Crippen molar-refractivity contribution in [3.63, 3.8) is 0 Å². The summed E-state index contributed by atoms with van der Waals surface area (Å²) in [5.74, 6) is -3.42. The van der Waals surface area contributed by atoms with Crippen LogP contribution in [0.4, 0.5) is 0 Å². The molecule has 0 bridgehead atoms. The fraction of sp³-hybridized carbons (Fsp3) is 0.240. The molecule has 0 aliphatic heterocycles. The summed E-state index contributed by atoms with van der Waals surface area (Å²) in [7, 11) is 1.24. The molecule has 0 N–H and O–H groups in total. The Labute approximate surface area is 182 Å². The average Bonchev–Trinajstić information content (AvgIpc) is 2.80. The number of hydrogen-bond donors (Lipinski definition) is 0. The number of methoxy groups -OCH3 is 1. The maximum Gasteiger partial charge on any atom is 0.333 e. The van der Waals surface area contributed by atoms with E-state index in [-0.39, 0.29) is 25.2 Å². The Hall–Kier alpha value is -3.67. The summed E-state index contributed by atoms with van der Waals surface area (Å²) in [4.78, 5) is 37.3. The minimum absolute atomic E-state index is 0.0143. The molecule has 1 unspecified atom stereocenters. The standard InChI is InChI=1S/C25H26O6/c1-3-30-24(27)22(25(28)31-16-10-15-19-11-6-4-7-12-19)18-21(23(26)29-2)17-20-13-8-5-9-14-20/h4-15,17,22H,3,16,18H2,1-2H3/b15-10+,21-17+. The van der Waals surface area contributed by atoms with Crippen molar-refractivity contribution in [2.45, 2.75) is 13.3 Å². The minimum Gasteiger partial charge on any atom is -0.466 e. The summed E-state index contributed by atoms with van der Waals surface area (Å²) in [6.07, 6.45) is 4.88. The molecular weight excluding hydrogens is 396 g/mol. The van der Waals surface area contributed by atoms with Gasteiger partial charge in [-0.25, -0.2) is 4.79 Å². The van der Waals surface area contributed by atoms with E-state index in [1.165, 1.54) is 7.11 Å². The predicted octanol–water partition coefficient (Wildman–Crippen LogP) is 4.07. The van der Waals surface area contributed by atoms with Crippen molar-refractivity contribution < 1.29 is 28.6 Å². The van der Waals surface area contributed by atoms with E-state index >= 15 is 0 Å². The van der Waals surface area contributed by atoms with Crippen molar-refractivity contribution in [2.75, 3.05) is 20.3 Å².